The van der Waals surface area contributed by atoms with Crippen LogP contribution in [0.15, 0.2) is 108 Å². The van der Waals surface area contributed by atoms with Gasteiger partial charge in [0.25, 0.3) is 23.6 Å². The second kappa shape index (κ2) is 56.8. The number of unbranched alkanes of at least 4 members (excludes halogenated alkanes) is 2. The van der Waals surface area contributed by atoms with E-state index in [1.54, 1.807) is 81.7 Å². The standard InChI is InChI=1S/C95H132N12O30/c1-60(2)84(97-59-133-48-47-132-46-45-131-44-43-130-42-41-129-40-39-128-38-37-127-36-35-126-32-27-96-80(108)25-28-103-82(110)23-24-83(103)111)88(114)98-64(7)86(112)100-68-19-15-66(16-20-68)57-136-94(120)106-72-53-78(76(123-10)51-70(72)90(116)104-55-62(5)49-74(104)92(106)118)134-29-13-12-14-30-135-79-54-73-71(52-77(79)124-11)91(117)105-56-63(6)50-75(105)93(119)107(73)95(121)137-58-67-17-21-69(22-18-67)101-87(113)65(8)99-89(115)85(61(3)4)102-81(109)26-31-125-34-33-122-9/h15-24,51-56,60-61,64-65,74-75,84-85,92-93,97,118-119H,12-14,25-50,57-59H2,1-11H3,(H,96,108)(H,98,114)(H,99,115)(H,100,112)(H,101,113)(H,102,109)/t64-,65-,74+,75+,84-,85-,92+,93+/m1/s1. The third kappa shape index (κ3) is 33.5. The number of amides is 12. The van der Waals surface area contributed by atoms with Gasteiger partial charge in [-0.15, -0.1) is 0 Å². The molecule has 0 saturated carbocycles. The van der Waals surface area contributed by atoms with E-state index in [2.05, 4.69) is 37.2 Å². The molecule has 9 rings (SSSR count). The highest BCUT2D eigenvalue weighted by atomic mass is 16.6. The van der Waals surface area contributed by atoms with Crippen molar-refractivity contribution in [1.82, 2.24) is 41.3 Å². The van der Waals surface area contributed by atoms with Gasteiger partial charge in [-0.3, -0.25) is 58.2 Å². The van der Waals surface area contributed by atoms with Crippen molar-refractivity contribution in [3.05, 3.63) is 131 Å². The molecule has 5 heterocycles. The molecule has 0 spiro atoms. The molecule has 5 aliphatic rings. The molecule has 0 radical (unpaired) electrons. The number of ether oxygens (including phenoxy) is 16. The smallest absolute Gasteiger partial charge is 0.416 e. The Morgan fingerprint density at radius 3 is 1.23 bits per heavy atom. The second-order valence-corrected chi connectivity index (χ2v) is 33.4. The quantitative estimate of drug-likeness (QED) is 0.0145. The lowest BCUT2D eigenvalue weighted by Crippen LogP contribution is -2.53. The maximum absolute atomic E-state index is 14.5. The Morgan fingerprint density at radius 1 is 0.431 bits per heavy atom. The summed E-state index contributed by atoms with van der Waals surface area (Å²) < 4.78 is 90.5. The van der Waals surface area contributed by atoms with E-state index in [-0.39, 0.29) is 154 Å². The maximum Gasteiger partial charge on any atom is 0.416 e. The van der Waals surface area contributed by atoms with Crippen molar-refractivity contribution < 1.29 is 144 Å². The number of imide groups is 1. The van der Waals surface area contributed by atoms with Crippen molar-refractivity contribution in [2.45, 2.75) is 162 Å². The fraction of sp³-hybridized carbons (Fsp3) is 0.558. The number of anilines is 4. The van der Waals surface area contributed by atoms with Crippen LogP contribution < -0.4 is 66.0 Å². The lowest BCUT2D eigenvalue weighted by atomic mass is 10.0. The third-order valence-corrected chi connectivity index (χ3v) is 22.3. The number of hydrogen-bond acceptors (Lipinski definition) is 31. The van der Waals surface area contributed by atoms with Gasteiger partial charge >= 0.3 is 12.2 Å². The predicted molar refractivity (Wildman–Crippen MR) is 496 cm³/mol. The van der Waals surface area contributed by atoms with E-state index in [0.29, 0.717) is 147 Å². The molecule has 5 aliphatic heterocycles. The first-order chi connectivity index (χ1) is 66.0. The number of rotatable bonds is 61. The fourth-order valence-electron chi connectivity index (χ4n) is 14.8. The average molecular weight is 1920 g/mol. The van der Waals surface area contributed by atoms with Crippen molar-refractivity contribution in [1.29, 1.82) is 0 Å². The number of aliphatic hydroxyl groups excluding tert-OH is 2. The van der Waals surface area contributed by atoms with Crippen LogP contribution in [-0.2, 0) is 108 Å². The number of methoxy groups -OCH3 is 3. The van der Waals surface area contributed by atoms with Crippen LogP contribution in [0.5, 0.6) is 23.0 Å². The van der Waals surface area contributed by atoms with E-state index >= 15 is 0 Å². The van der Waals surface area contributed by atoms with Crippen LogP contribution in [0.3, 0.4) is 0 Å². The number of benzene rings is 4. The van der Waals surface area contributed by atoms with Crippen molar-refractivity contribution in [2.75, 3.05) is 194 Å². The third-order valence-electron chi connectivity index (χ3n) is 22.3. The summed E-state index contributed by atoms with van der Waals surface area (Å²) in [6.07, 6.45) is 2.46. The van der Waals surface area contributed by atoms with Crippen molar-refractivity contribution >= 4 is 94.0 Å². The van der Waals surface area contributed by atoms with Crippen LogP contribution in [-0.4, -0.2) is 318 Å². The van der Waals surface area contributed by atoms with Gasteiger partial charge in [0.2, 0.25) is 35.4 Å². The Kier molecular flexibility index (Phi) is 45.1. The molecular formula is C95H132N12O30. The van der Waals surface area contributed by atoms with E-state index in [1.807, 2.05) is 27.7 Å². The average Bonchev–Trinajstić information content (AvgIpc) is 1.63. The number of hydrogen-bond donors (Lipinski definition) is 9. The van der Waals surface area contributed by atoms with Gasteiger partial charge < -0.3 is 128 Å². The van der Waals surface area contributed by atoms with Crippen LogP contribution in [0.1, 0.15) is 132 Å². The number of carbonyl (C=O) groups excluding carboxylic acids is 12. The zero-order chi connectivity index (χ0) is 98.9. The molecule has 4 aromatic rings. The first-order valence-electron chi connectivity index (χ1n) is 45.9. The molecule has 42 heteroatoms. The highest BCUT2D eigenvalue weighted by Gasteiger charge is 2.48. The van der Waals surface area contributed by atoms with Gasteiger partial charge in [-0.2, -0.15) is 0 Å². The van der Waals surface area contributed by atoms with Crippen LogP contribution in [0.25, 0.3) is 0 Å². The molecule has 8 atom stereocenters. The molecule has 0 aromatic heterocycles. The molecule has 42 nitrogen and oxygen atoms in total. The summed E-state index contributed by atoms with van der Waals surface area (Å²) in [5, 5.41) is 43.7. The van der Waals surface area contributed by atoms with Gasteiger partial charge in [0, 0.05) is 81.1 Å². The Hall–Kier alpha value is -11.8. The molecule has 752 valence electrons. The summed E-state index contributed by atoms with van der Waals surface area (Å²) in [6, 6.07) is 13.3. The lowest BCUT2D eigenvalue weighted by Gasteiger charge is -2.31. The minimum Gasteiger partial charge on any atom is -0.493 e. The summed E-state index contributed by atoms with van der Waals surface area (Å²) in [6.45, 7) is 20.1. The summed E-state index contributed by atoms with van der Waals surface area (Å²) >= 11 is 0. The lowest BCUT2D eigenvalue weighted by molar-refractivity contribution is -0.137. The Bertz CT molecular complexity index is 4750. The minimum absolute atomic E-state index is 0.000233. The van der Waals surface area contributed by atoms with Gasteiger partial charge in [-0.05, 0) is 119 Å². The molecule has 137 heavy (non-hydrogen) atoms. The van der Waals surface area contributed by atoms with Gasteiger partial charge in [-0.25, -0.2) is 19.4 Å². The molecule has 0 saturated heterocycles. The van der Waals surface area contributed by atoms with Gasteiger partial charge in [0.15, 0.2) is 35.5 Å². The number of nitrogens with one attached hydrogen (secondary N) is 7. The Balaban J connectivity index is 0.660. The molecule has 0 fully saturated rings. The number of carbonyl (C=O) groups is 12. The monoisotopic (exact) mass is 1920 g/mol. The van der Waals surface area contributed by atoms with E-state index < -0.39 is 108 Å². The van der Waals surface area contributed by atoms with Crippen LogP contribution in [0.2, 0.25) is 0 Å². The number of nitrogens with zero attached hydrogens (tertiary/aromatic N) is 5. The summed E-state index contributed by atoms with van der Waals surface area (Å²) in [5.41, 5.74) is 3.40. The largest absolute Gasteiger partial charge is 0.493 e. The Morgan fingerprint density at radius 2 is 0.825 bits per heavy atom. The molecular weight excluding hydrogens is 1790 g/mol. The molecule has 0 aliphatic carbocycles. The fourth-order valence-corrected chi connectivity index (χ4v) is 14.8. The van der Waals surface area contributed by atoms with Crippen molar-refractivity contribution in [3.63, 3.8) is 0 Å². The number of aliphatic hydroxyl groups is 2. The van der Waals surface area contributed by atoms with Crippen molar-refractivity contribution in [2.24, 2.45) is 11.8 Å². The summed E-state index contributed by atoms with van der Waals surface area (Å²) in [5.74, 6) is -4.34. The van der Waals surface area contributed by atoms with Crippen LogP contribution >= 0.6 is 0 Å². The highest BCUT2D eigenvalue weighted by Crippen LogP contribution is 2.45. The SMILES string of the molecule is COCCOCCC(=O)N[C@@H](C(=O)N[C@H](C)C(=O)Nc1ccc(COC(=O)N2c3cc(OCCCCCOc4cc5c(cc4OC)C(=O)N4C=C(C)C[C@H]4[C@H](O)N5C(=O)OCc4ccc(NC(=O)[C@@H](C)NC(=O)[C@H](NCOCCOCCOCCOCCOCCOCCOCCOCCNC(=O)CCN5C(=O)C=CC5=O)C(C)C)cc4)c(OC)cc3C(=O)N3C=C(C)C[C@H]3[C@@H]2O)cc1)C(C)C. The zero-order valence-electron chi connectivity index (χ0n) is 79.7. The molecule has 0 unspecified atom stereocenters. The molecule has 0 bridgehead atoms. The van der Waals surface area contributed by atoms with Crippen molar-refractivity contribution in [3.8, 4) is 23.0 Å². The van der Waals surface area contributed by atoms with Crippen LogP contribution in [0, 0.1) is 11.8 Å². The van der Waals surface area contributed by atoms with Gasteiger partial charge in [0.1, 0.15) is 31.3 Å². The summed E-state index contributed by atoms with van der Waals surface area (Å²) in [4.78, 5) is 165. The van der Waals surface area contributed by atoms with E-state index in [4.69, 9.17) is 75.8 Å². The minimum atomic E-state index is -1.59. The molecule has 9 N–H and O–H groups in total. The van der Waals surface area contributed by atoms with Crippen LogP contribution in [0.4, 0.5) is 32.3 Å². The topological polar surface area (TPSA) is 493 Å². The normalized spacial score (nSPS) is 16.9. The van der Waals surface area contributed by atoms with E-state index in [1.165, 1.54) is 74.5 Å². The zero-order valence-corrected chi connectivity index (χ0v) is 79.7. The summed E-state index contributed by atoms with van der Waals surface area (Å²) in [7, 11) is 4.35. The Labute approximate surface area is 796 Å². The number of fused-ring (bicyclic) bond motifs is 4. The van der Waals surface area contributed by atoms with Gasteiger partial charge in [0.05, 0.1) is 194 Å². The van der Waals surface area contributed by atoms with E-state index in [0.717, 1.165) is 25.8 Å². The molecule has 12 amide bonds. The van der Waals surface area contributed by atoms with E-state index in [9.17, 15) is 67.7 Å². The maximum atomic E-state index is 14.5. The van der Waals surface area contributed by atoms with Gasteiger partial charge in [-0.1, -0.05) is 63.1 Å². The first kappa shape index (κ1) is 109. The first-order valence-corrected chi connectivity index (χ1v) is 45.9. The second-order valence-electron chi connectivity index (χ2n) is 33.4. The predicted octanol–water partition coefficient (Wildman–Crippen LogP) is 5.74. The molecule has 4 aromatic carbocycles. The highest BCUT2D eigenvalue weighted by molar-refractivity contribution is 6.13.